The summed E-state index contributed by atoms with van der Waals surface area (Å²) in [7, 11) is 0. The summed E-state index contributed by atoms with van der Waals surface area (Å²) >= 11 is 1.06. The summed E-state index contributed by atoms with van der Waals surface area (Å²) in [5.74, 6) is -1.55. The minimum atomic E-state index is -1.02. The molecule has 0 saturated carbocycles. The van der Waals surface area contributed by atoms with Gasteiger partial charge in [0.2, 0.25) is 5.13 Å². The first-order valence-corrected chi connectivity index (χ1v) is 10.6. The Hall–Kier alpha value is -3.40. The third-order valence-electron chi connectivity index (χ3n) is 4.27. The number of hydrogen-bond acceptors (Lipinski definition) is 9. The third-order valence-corrected chi connectivity index (χ3v) is 5.11. The molecule has 1 aromatic carbocycles. The van der Waals surface area contributed by atoms with Gasteiger partial charge in [-0.25, -0.2) is 4.79 Å². The first kappa shape index (κ1) is 22.3. The Morgan fingerprint density at radius 1 is 1.16 bits per heavy atom. The fraction of sp³-hybridized carbons (Fsp3) is 0.333. The molecule has 0 fully saturated rings. The maximum absolute atomic E-state index is 12.8. The van der Waals surface area contributed by atoms with Gasteiger partial charge in [-0.2, -0.15) is 0 Å². The van der Waals surface area contributed by atoms with Crippen molar-refractivity contribution in [2.24, 2.45) is 0 Å². The average molecular weight is 442 g/mol. The molecule has 0 spiro atoms. The van der Waals surface area contributed by atoms with E-state index in [9.17, 15) is 14.4 Å². The first-order chi connectivity index (χ1) is 14.9. The maximum Gasteiger partial charge on any atom is 0.339 e. The van der Waals surface area contributed by atoms with Crippen LogP contribution < -0.4 is 5.32 Å². The van der Waals surface area contributed by atoms with Crippen molar-refractivity contribution < 1.29 is 23.9 Å². The van der Waals surface area contributed by atoms with Crippen molar-refractivity contribution in [1.82, 2.24) is 15.2 Å². The van der Waals surface area contributed by atoms with Crippen LogP contribution in [0.5, 0.6) is 0 Å². The van der Waals surface area contributed by atoms with Crippen LogP contribution in [0.4, 0.5) is 5.13 Å². The standard InChI is InChI=1S/C21H22N4O5S/c1-4-16(19(27)23-21-25-24-17(31-21)11-18(26)29-5-2)30-20(28)14-10-12(3)22-15-9-7-6-8-13(14)15/h6-10,16H,4-5,11H2,1-3H3,(H,23,25,27). The SMILES string of the molecule is CCOC(=O)Cc1nnc(NC(=O)C(CC)OC(=O)c2cc(C)nc3ccccc23)s1. The van der Waals surface area contributed by atoms with Crippen LogP contribution in [0.3, 0.4) is 0 Å². The molecule has 3 aromatic rings. The number of carbonyl (C=O) groups excluding carboxylic acids is 3. The van der Waals surface area contributed by atoms with E-state index in [1.807, 2.05) is 18.2 Å². The van der Waals surface area contributed by atoms with E-state index in [4.69, 9.17) is 9.47 Å². The number of pyridine rings is 1. The number of nitrogens with zero attached hydrogens (tertiary/aromatic N) is 3. The summed E-state index contributed by atoms with van der Waals surface area (Å²) in [6.07, 6.45) is -0.770. The van der Waals surface area contributed by atoms with Gasteiger partial charge < -0.3 is 9.47 Å². The number of rotatable bonds is 8. The molecular weight excluding hydrogens is 420 g/mol. The predicted octanol–water partition coefficient (Wildman–Crippen LogP) is 3.07. The number of para-hydroxylation sites is 1. The van der Waals surface area contributed by atoms with E-state index >= 15 is 0 Å². The molecule has 0 saturated heterocycles. The second-order valence-corrected chi connectivity index (χ2v) is 7.66. The number of ether oxygens (including phenoxy) is 2. The Morgan fingerprint density at radius 3 is 2.68 bits per heavy atom. The molecule has 3 rings (SSSR count). The lowest BCUT2D eigenvalue weighted by Crippen LogP contribution is -2.32. The van der Waals surface area contributed by atoms with Gasteiger partial charge in [-0.3, -0.25) is 19.9 Å². The van der Waals surface area contributed by atoms with Crippen molar-refractivity contribution in [3.05, 3.63) is 46.6 Å². The van der Waals surface area contributed by atoms with E-state index < -0.39 is 23.9 Å². The molecular formula is C21H22N4O5S. The largest absolute Gasteiger partial charge is 0.466 e. The van der Waals surface area contributed by atoms with Crippen LogP contribution in [-0.2, 0) is 25.5 Å². The van der Waals surface area contributed by atoms with E-state index in [1.165, 1.54) is 0 Å². The van der Waals surface area contributed by atoms with E-state index in [0.717, 1.165) is 11.3 Å². The number of aromatic nitrogens is 3. The molecule has 9 nitrogen and oxygen atoms in total. The molecule has 1 amide bonds. The lowest BCUT2D eigenvalue weighted by Gasteiger charge is -2.16. The molecule has 10 heteroatoms. The Morgan fingerprint density at radius 2 is 1.94 bits per heavy atom. The zero-order valence-corrected chi connectivity index (χ0v) is 18.2. The average Bonchev–Trinajstić information content (AvgIpc) is 3.17. The smallest absolute Gasteiger partial charge is 0.339 e. The fourth-order valence-electron chi connectivity index (χ4n) is 2.89. The van der Waals surface area contributed by atoms with Gasteiger partial charge in [0.15, 0.2) is 6.10 Å². The Kier molecular flexibility index (Phi) is 7.24. The van der Waals surface area contributed by atoms with Gasteiger partial charge in [0.05, 0.1) is 24.1 Å². The van der Waals surface area contributed by atoms with Crippen LogP contribution in [0.2, 0.25) is 0 Å². The number of amides is 1. The molecule has 2 heterocycles. The zero-order chi connectivity index (χ0) is 22.4. The second-order valence-electron chi connectivity index (χ2n) is 6.60. The zero-order valence-electron chi connectivity index (χ0n) is 17.4. The monoisotopic (exact) mass is 442 g/mol. The third kappa shape index (κ3) is 5.60. The Labute approximate surface area is 182 Å². The molecule has 0 aliphatic rings. The molecule has 0 aliphatic carbocycles. The molecule has 1 N–H and O–H groups in total. The van der Waals surface area contributed by atoms with Gasteiger partial charge >= 0.3 is 11.9 Å². The highest BCUT2D eigenvalue weighted by Gasteiger charge is 2.24. The predicted molar refractivity (Wildman–Crippen MR) is 115 cm³/mol. The van der Waals surface area contributed by atoms with Gasteiger partial charge in [-0.05, 0) is 32.4 Å². The van der Waals surface area contributed by atoms with Crippen LogP contribution >= 0.6 is 11.3 Å². The molecule has 0 radical (unpaired) electrons. The van der Waals surface area contributed by atoms with Crippen molar-refractivity contribution in [2.45, 2.75) is 39.7 Å². The van der Waals surface area contributed by atoms with Gasteiger partial charge in [0.1, 0.15) is 5.01 Å². The molecule has 1 atom stereocenters. The highest BCUT2D eigenvalue weighted by Crippen LogP contribution is 2.21. The number of nitrogens with one attached hydrogen (secondary N) is 1. The molecule has 0 bridgehead atoms. The van der Waals surface area contributed by atoms with Gasteiger partial charge in [0, 0.05) is 11.1 Å². The number of esters is 2. The summed E-state index contributed by atoms with van der Waals surface area (Å²) in [6, 6.07) is 8.88. The van der Waals surface area contributed by atoms with Crippen molar-refractivity contribution in [3.8, 4) is 0 Å². The van der Waals surface area contributed by atoms with Crippen LogP contribution in [-0.4, -0.2) is 45.7 Å². The van der Waals surface area contributed by atoms with Crippen molar-refractivity contribution in [3.63, 3.8) is 0 Å². The van der Waals surface area contributed by atoms with E-state index in [2.05, 4.69) is 20.5 Å². The van der Waals surface area contributed by atoms with E-state index in [-0.39, 0.29) is 24.6 Å². The molecule has 162 valence electrons. The topological polar surface area (TPSA) is 120 Å². The molecule has 0 aliphatic heterocycles. The second kappa shape index (κ2) is 10.1. The highest BCUT2D eigenvalue weighted by molar-refractivity contribution is 7.15. The van der Waals surface area contributed by atoms with Gasteiger partial charge in [-0.15, -0.1) is 10.2 Å². The van der Waals surface area contributed by atoms with Crippen molar-refractivity contribution in [2.75, 3.05) is 11.9 Å². The number of carbonyl (C=O) groups is 3. The van der Waals surface area contributed by atoms with Gasteiger partial charge in [0.25, 0.3) is 5.91 Å². The number of aryl methyl sites for hydroxylation is 1. The van der Waals surface area contributed by atoms with E-state index in [1.54, 1.807) is 32.9 Å². The van der Waals surface area contributed by atoms with Crippen LogP contribution in [0.25, 0.3) is 10.9 Å². The normalized spacial score (nSPS) is 11.7. The first-order valence-electron chi connectivity index (χ1n) is 9.77. The summed E-state index contributed by atoms with van der Waals surface area (Å²) in [5, 5.41) is 11.6. The number of hydrogen-bond donors (Lipinski definition) is 1. The Bertz CT molecular complexity index is 1110. The number of anilines is 1. The van der Waals surface area contributed by atoms with Gasteiger partial charge in [-0.1, -0.05) is 36.5 Å². The summed E-state index contributed by atoms with van der Waals surface area (Å²) in [5.41, 5.74) is 1.70. The lowest BCUT2D eigenvalue weighted by atomic mass is 10.1. The molecule has 2 aromatic heterocycles. The minimum Gasteiger partial charge on any atom is -0.466 e. The summed E-state index contributed by atoms with van der Waals surface area (Å²) in [6.45, 7) is 5.51. The number of benzene rings is 1. The van der Waals surface area contributed by atoms with Crippen LogP contribution in [0.1, 0.15) is 41.3 Å². The number of fused-ring (bicyclic) bond motifs is 1. The quantitative estimate of drug-likeness (QED) is 0.529. The van der Waals surface area contributed by atoms with Crippen molar-refractivity contribution >= 4 is 45.2 Å². The fourth-order valence-corrected chi connectivity index (χ4v) is 3.62. The molecule has 1 unspecified atom stereocenters. The van der Waals surface area contributed by atoms with Crippen LogP contribution in [0, 0.1) is 6.92 Å². The summed E-state index contributed by atoms with van der Waals surface area (Å²) < 4.78 is 10.4. The highest BCUT2D eigenvalue weighted by atomic mass is 32.1. The lowest BCUT2D eigenvalue weighted by molar-refractivity contribution is -0.142. The maximum atomic E-state index is 12.8. The Balaban J connectivity index is 1.69. The van der Waals surface area contributed by atoms with E-state index in [0.29, 0.717) is 27.2 Å². The molecule has 31 heavy (non-hydrogen) atoms. The van der Waals surface area contributed by atoms with Crippen molar-refractivity contribution in [1.29, 1.82) is 0 Å². The van der Waals surface area contributed by atoms with Crippen LogP contribution in [0.15, 0.2) is 30.3 Å². The minimum absolute atomic E-state index is 0.0258. The summed E-state index contributed by atoms with van der Waals surface area (Å²) in [4.78, 5) is 41.4.